The number of hydrogen-bond acceptors (Lipinski definition) is 1. The second-order valence-corrected chi connectivity index (χ2v) is 4.20. The fraction of sp³-hybridized carbons (Fsp3) is 1.00. The maximum atomic E-state index is 5.88. The van der Waals surface area contributed by atoms with E-state index in [4.69, 9.17) is 5.73 Å². The van der Waals surface area contributed by atoms with E-state index in [1.807, 2.05) is 0 Å². The van der Waals surface area contributed by atoms with Crippen LogP contribution in [-0.4, -0.2) is 6.04 Å². The normalized spacial score (nSPS) is 48.0. The molecule has 0 spiro atoms. The van der Waals surface area contributed by atoms with Gasteiger partial charge in [-0.1, -0.05) is 6.42 Å². The summed E-state index contributed by atoms with van der Waals surface area (Å²) in [5.74, 6) is 2.93. The van der Waals surface area contributed by atoms with E-state index in [-0.39, 0.29) is 0 Å². The predicted octanol–water partition coefficient (Wildman–Crippen LogP) is 1.77. The van der Waals surface area contributed by atoms with Crippen LogP contribution in [0.2, 0.25) is 0 Å². The lowest BCUT2D eigenvalue weighted by Gasteiger charge is -2.24. The van der Waals surface area contributed by atoms with Crippen LogP contribution in [-0.2, 0) is 0 Å². The van der Waals surface area contributed by atoms with Gasteiger partial charge in [-0.3, -0.25) is 0 Å². The van der Waals surface area contributed by atoms with Crippen molar-refractivity contribution < 1.29 is 0 Å². The molecule has 2 aliphatic carbocycles. The van der Waals surface area contributed by atoms with Gasteiger partial charge >= 0.3 is 0 Å². The summed E-state index contributed by atoms with van der Waals surface area (Å²) in [7, 11) is 0. The van der Waals surface area contributed by atoms with E-state index < -0.39 is 0 Å². The summed E-state index contributed by atoms with van der Waals surface area (Å²) >= 11 is 0. The Balaban J connectivity index is 2.02. The van der Waals surface area contributed by atoms with Gasteiger partial charge in [-0.05, 0) is 43.9 Å². The van der Waals surface area contributed by atoms with Crippen molar-refractivity contribution in [1.82, 2.24) is 0 Å². The molecule has 0 heterocycles. The van der Waals surface area contributed by atoms with Gasteiger partial charge in [0.2, 0.25) is 0 Å². The van der Waals surface area contributed by atoms with Crippen LogP contribution < -0.4 is 5.73 Å². The van der Waals surface area contributed by atoms with Crippen LogP contribution in [0.15, 0.2) is 0 Å². The second-order valence-electron chi connectivity index (χ2n) is 4.20. The highest BCUT2D eigenvalue weighted by Crippen LogP contribution is 2.49. The smallest absolute Gasteiger partial charge is 0.00415 e. The summed E-state index contributed by atoms with van der Waals surface area (Å²) in [5, 5.41) is 0. The number of fused-ring (bicyclic) bond motifs is 2. The van der Waals surface area contributed by atoms with Crippen molar-refractivity contribution >= 4 is 0 Å². The number of hydrogen-bond donors (Lipinski definition) is 1. The third-order valence-corrected chi connectivity index (χ3v) is 3.47. The van der Waals surface area contributed by atoms with E-state index in [0.717, 1.165) is 17.8 Å². The molecular formula is C9H17N. The fourth-order valence-electron chi connectivity index (χ4n) is 2.94. The average Bonchev–Trinajstić information content (AvgIpc) is 2.44. The van der Waals surface area contributed by atoms with Crippen LogP contribution in [0.1, 0.15) is 32.6 Å². The molecule has 2 rings (SSSR count). The molecule has 2 N–H and O–H groups in total. The molecule has 0 aliphatic heterocycles. The molecule has 2 saturated carbocycles. The van der Waals surface area contributed by atoms with Crippen molar-refractivity contribution in [1.29, 1.82) is 0 Å². The lowest BCUT2D eigenvalue weighted by Crippen LogP contribution is -2.30. The van der Waals surface area contributed by atoms with Crippen LogP contribution in [0.4, 0.5) is 0 Å². The standard InChI is InChI=1S/C9H17N/c1-6(10)9-5-7-2-3-8(9)4-7/h6-9H,2-5,10H2,1H3/t6-,7?,8?,9?/m1/s1. The highest BCUT2D eigenvalue weighted by molar-refractivity contribution is 4.92. The Bertz CT molecular complexity index is 131. The van der Waals surface area contributed by atoms with Gasteiger partial charge in [-0.25, -0.2) is 0 Å². The van der Waals surface area contributed by atoms with E-state index in [9.17, 15) is 0 Å². The molecule has 0 aromatic rings. The fourth-order valence-corrected chi connectivity index (χ4v) is 2.94. The Morgan fingerprint density at radius 2 is 2.10 bits per heavy atom. The molecule has 10 heavy (non-hydrogen) atoms. The van der Waals surface area contributed by atoms with Gasteiger partial charge in [0.05, 0.1) is 0 Å². The Morgan fingerprint density at radius 1 is 1.30 bits per heavy atom. The van der Waals surface area contributed by atoms with Crippen molar-refractivity contribution in [2.45, 2.75) is 38.6 Å². The van der Waals surface area contributed by atoms with Gasteiger partial charge < -0.3 is 5.73 Å². The quantitative estimate of drug-likeness (QED) is 0.588. The van der Waals surface area contributed by atoms with Gasteiger partial charge in [-0.2, -0.15) is 0 Å². The molecule has 0 aromatic carbocycles. The van der Waals surface area contributed by atoms with Gasteiger partial charge in [0.25, 0.3) is 0 Å². The first-order valence-electron chi connectivity index (χ1n) is 4.53. The third-order valence-electron chi connectivity index (χ3n) is 3.47. The maximum absolute atomic E-state index is 5.88. The minimum Gasteiger partial charge on any atom is -0.328 e. The van der Waals surface area contributed by atoms with E-state index >= 15 is 0 Å². The Labute approximate surface area is 63.0 Å². The Kier molecular flexibility index (Phi) is 1.48. The van der Waals surface area contributed by atoms with Gasteiger partial charge in [-0.15, -0.1) is 0 Å². The van der Waals surface area contributed by atoms with Gasteiger partial charge in [0.1, 0.15) is 0 Å². The number of rotatable bonds is 1. The average molecular weight is 139 g/mol. The summed E-state index contributed by atoms with van der Waals surface area (Å²) < 4.78 is 0. The molecule has 0 aromatic heterocycles. The molecule has 2 fully saturated rings. The zero-order valence-corrected chi connectivity index (χ0v) is 6.72. The molecule has 2 aliphatic rings. The molecule has 1 heteroatoms. The van der Waals surface area contributed by atoms with Crippen LogP contribution >= 0.6 is 0 Å². The van der Waals surface area contributed by atoms with Crippen LogP contribution in [0.3, 0.4) is 0 Å². The lowest BCUT2D eigenvalue weighted by molar-refractivity contribution is 0.293. The van der Waals surface area contributed by atoms with E-state index in [0.29, 0.717) is 6.04 Å². The van der Waals surface area contributed by atoms with Crippen molar-refractivity contribution in [2.24, 2.45) is 23.5 Å². The van der Waals surface area contributed by atoms with E-state index in [2.05, 4.69) is 6.92 Å². The molecule has 58 valence electrons. The minimum atomic E-state index is 0.454. The molecule has 0 radical (unpaired) electrons. The van der Waals surface area contributed by atoms with Crippen LogP contribution in [0.5, 0.6) is 0 Å². The third kappa shape index (κ3) is 0.878. The van der Waals surface area contributed by atoms with Crippen molar-refractivity contribution in [2.75, 3.05) is 0 Å². The van der Waals surface area contributed by atoms with Gasteiger partial charge in [0.15, 0.2) is 0 Å². The summed E-state index contributed by atoms with van der Waals surface area (Å²) in [6.45, 7) is 2.17. The molecule has 0 saturated heterocycles. The maximum Gasteiger partial charge on any atom is 0.00415 e. The molecule has 2 bridgehead atoms. The molecule has 1 nitrogen and oxygen atoms in total. The summed E-state index contributed by atoms with van der Waals surface area (Å²) in [5.41, 5.74) is 5.88. The van der Waals surface area contributed by atoms with Crippen molar-refractivity contribution in [3.63, 3.8) is 0 Å². The molecule has 3 unspecified atom stereocenters. The molecular weight excluding hydrogens is 122 g/mol. The molecule has 0 amide bonds. The molecule has 4 atom stereocenters. The first-order valence-corrected chi connectivity index (χ1v) is 4.53. The zero-order chi connectivity index (χ0) is 7.14. The second kappa shape index (κ2) is 2.23. The monoisotopic (exact) mass is 139 g/mol. The van der Waals surface area contributed by atoms with Crippen molar-refractivity contribution in [3.05, 3.63) is 0 Å². The van der Waals surface area contributed by atoms with E-state index in [1.165, 1.54) is 25.7 Å². The van der Waals surface area contributed by atoms with Crippen LogP contribution in [0.25, 0.3) is 0 Å². The first-order chi connectivity index (χ1) is 4.77. The summed E-state index contributed by atoms with van der Waals surface area (Å²) in [6, 6.07) is 0.454. The van der Waals surface area contributed by atoms with Gasteiger partial charge in [0, 0.05) is 6.04 Å². The van der Waals surface area contributed by atoms with Crippen molar-refractivity contribution in [3.8, 4) is 0 Å². The first kappa shape index (κ1) is 6.66. The largest absolute Gasteiger partial charge is 0.328 e. The predicted molar refractivity (Wildman–Crippen MR) is 42.6 cm³/mol. The van der Waals surface area contributed by atoms with E-state index in [1.54, 1.807) is 0 Å². The Morgan fingerprint density at radius 3 is 2.40 bits per heavy atom. The number of nitrogens with two attached hydrogens (primary N) is 1. The minimum absolute atomic E-state index is 0.454. The topological polar surface area (TPSA) is 26.0 Å². The zero-order valence-electron chi connectivity index (χ0n) is 6.72. The highest BCUT2D eigenvalue weighted by Gasteiger charge is 2.40. The highest BCUT2D eigenvalue weighted by atomic mass is 14.7. The van der Waals surface area contributed by atoms with Crippen LogP contribution in [0, 0.1) is 17.8 Å². The Hall–Kier alpha value is -0.0400. The summed E-state index contributed by atoms with van der Waals surface area (Å²) in [4.78, 5) is 0. The lowest BCUT2D eigenvalue weighted by atomic mass is 9.84. The summed E-state index contributed by atoms with van der Waals surface area (Å²) in [6.07, 6.45) is 5.89. The SMILES string of the molecule is C[C@@H](N)C1CC2CCC1C2.